The number of ketones is 1. The van der Waals surface area contributed by atoms with Gasteiger partial charge in [0.05, 0.1) is 0 Å². The van der Waals surface area contributed by atoms with E-state index in [4.69, 9.17) is 0 Å². The SMILES string of the molecule is O=C1C2=C(CCNCC2)C(O)c2ccccc21. The van der Waals surface area contributed by atoms with Crippen molar-refractivity contribution in [1.82, 2.24) is 5.32 Å². The number of hydrogen-bond donors (Lipinski definition) is 2. The van der Waals surface area contributed by atoms with Crippen LogP contribution in [0.25, 0.3) is 0 Å². The zero-order valence-electron chi connectivity index (χ0n) is 9.57. The van der Waals surface area contributed by atoms with Gasteiger partial charge in [0.25, 0.3) is 0 Å². The number of aliphatic hydroxyl groups excluding tert-OH is 1. The van der Waals surface area contributed by atoms with E-state index in [1.807, 2.05) is 24.3 Å². The van der Waals surface area contributed by atoms with E-state index in [1.54, 1.807) is 0 Å². The fourth-order valence-electron chi connectivity index (χ4n) is 2.73. The molecule has 0 fully saturated rings. The third-order valence-electron chi connectivity index (χ3n) is 3.61. The quantitative estimate of drug-likeness (QED) is 0.710. The predicted molar refractivity (Wildman–Crippen MR) is 64.9 cm³/mol. The van der Waals surface area contributed by atoms with Gasteiger partial charge in [-0.05, 0) is 37.1 Å². The van der Waals surface area contributed by atoms with Crippen LogP contribution in [0.1, 0.15) is 34.9 Å². The number of hydrogen-bond acceptors (Lipinski definition) is 3. The zero-order chi connectivity index (χ0) is 11.8. The Morgan fingerprint density at radius 2 is 1.94 bits per heavy atom. The Bertz CT molecular complexity index is 505. The molecule has 1 aromatic carbocycles. The van der Waals surface area contributed by atoms with Crippen LogP contribution >= 0.6 is 0 Å². The van der Waals surface area contributed by atoms with Gasteiger partial charge in [0.1, 0.15) is 6.10 Å². The summed E-state index contributed by atoms with van der Waals surface area (Å²) in [6.07, 6.45) is 0.884. The lowest BCUT2D eigenvalue weighted by atomic mass is 9.81. The summed E-state index contributed by atoms with van der Waals surface area (Å²) in [4.78, 5) is 12.4. The summed E-state index contributed by atoms with van der Waals surface area (Å²) in [5.41, 5.74) is 3.17. The van der Waals surface area contributed by atoms with Crippen LogP contribution in [0.2, 0.25) is 0 Å². The summed E-state index contributed by atoms with van der Waals surface area (Å²) in [5, 5.41) is 13.6. The van der Waals surface area contributed by atoms with E-state index in [2.05, 4.69) is 5.32 Å². The number of Topliss-reactive ketones (excluding diaryl/α,β-unsaturated/α-hetero) is 1. The second kappa shape index (κ2) is 4.09. The molecule has 3 rings (SSSR count). The van der Waals surface area contributed by atoms with Gasteiger partial charge in [-0.3, -0.25) is 4.79 Å². The summed E-state index contributed by atoms with van der Waals surface area (Å²) in [6.45, 7) is 1.66. The fourth-order valence-corrected chi connectivity index (χ4v) is 2.73. The van der Waals surface area contributed by atoms with Gasteiger partial charge in [0.2, 0.25) is 0 Å². The molecule has 1 atom stereocenters. The molecule has 2 N–H and O–H groups in total. The van der Waals surface area contributed by atoms with E-state index in [9.17, 15) is 9.90 Å². The normalized spacial score (nSPS) is 24.1. The molecule has 17 heavy (non-hydrogen) atoms. The van der Waals surface area contributed by atoms with Gasteiger partial charge in [-0.15, -0.1) is 0 Å². The Labute approximate surface area is 100 Å². The summed E-state index contributed by atoms with van der Waals surface area (Å²) in [5.74, 6) is 0.101. The van der Waals surface area contributed by atoms with Gasteiger partial charge in [0.15, 0.2) is 5.78 Å². The molecule has 0 aromatic heterocycles. The van der Waals surface area contributed by atoms with Crippen molar-refractivity contribution in [2.24, 2.45) is 0 Å². The molecule has 1 aliphatic carbocycles. The van der Waals surface area contributed by atoms with E-state index in [-0.39, 0.29) is 5.78 Å². The molecule has 88 valence electrons. The maximum absolute atomic E-state index is 12.4. The van der Waals surface area contributed by atoms with Crippen LogP contribution in [0.5, 0.6) is 0 Å². The smallest absolute Gasteiger partial charge is 0.189 e. The molecule has 3 nitrogen and oxygen atoms in total. The van der Waals surface area contributed by atoms with Gasteiger partial charge in [-0.25, -0.2) is 0 Å². The van der Waals surface area contributed by atoms with Gasteiger partial charge in [-0.1, -0.05) is 24.3 Å². The average molecular weight is 229 g/mol. The van der Waals surface area contributed by atoms with Gasteiger partial charge in [0, 0.05) is 11.1 Å². The first-order valence-electron chi connectivity index (χ1n) is 6.03. The third kappa shape index (κ3) is 1.63. The lowest BCUT2D eigenvalue weighted by molar-refractivity contribution is 0.100. The molecule has 0 radical (unpaired) electrons. The zero-order valence-corrected chi connectivity index (χ0v) is 9.57. The Morgan fingerprint density at radius 1 is 1.18 bits per heavy atom. The Morgan fingerprint density at radius 3 is 2.82 bits per heavy atom. The largest absolute Gasteiger partial charge is 0.384 e. The van der Waals surface area contributed by atoms with Crippen LogP contribution in [0.4, 0.5) is 0 Å². The minimum Gasteiger partial charge on any atom is -0.384 e. The molecule has 0 saturated heterocycles. The predicted octanol–water partition coefficient (Wildman–Crippen LogP) is 1.60. The number of nitrogens with one attached hydrogen (secondary N) is 1. The highest BCUT2D eigenvalue weighted by Gasteiger charge is 2.31. The minimum absolute atomic E-state index is 0.101. The lowest BCUT2D eigenvalue weighted by Gasteiger charge is -2.25. The first-order valence-corrected chi connectivity index (χ1v) is 6.03. The van der Waals surface area contributed by atoms with E-state index >= 15 is 0 Å². The van der Waals surface area contributed by atoms with Crippen molar-refractivity contribution in [3.63, 3.8) is 0 Å². The summed E-state index contributed by atoms with van der Waals surface area (Å²) < 4.78 is 0. The van der Waals surface area contributed by atoms with Crippen LogP contribution < -0.4 is 5.32 Å². The number of aliphatic hydroxyl groups is 1. The molecule has 0 amide bonds. The van der Waals surface area contributed by atoms with Gasteiger partial charge >= 0.3 is 0 Å². The molecule has 0 saturated carbocycles. The highest BCUT2D eigenvalue weighted by Crippen LogP contribution is 2.37. The van der Waals surface area contributed by atoms with Crippen molar-refractivity contribution in [3.05, 3.63) is 46.5 Å². The molecular formula is C14H15NO2. The van der Waals surface area contributed by atoms with Gasteiger partial charge in [-0.2, -0.15) is 0 Å². The first-order chi connectivity index (χ1) is 8.29. The van der Waals surface area contributed by atoms with E-state index < -0.39 is 6.10 Å². The van der Waals surface area contributed by atoms with Crippen LogP contribution in [-0.2, 0) is 0 Å². The number of carbonyl (C=O) groups excluding carboxylic acids is 1. The number of benzene rings is 1. The molecule has 3 heteroatoms. The van der Waals surface area contributed by atoms with Gasteiger partial charge < -0.3 is 10.4 Å². The maximum atomic E-state index is 12.4. The number of carbonyl (C=O) groups is 1. The Kier molecular flexibility index (Phi) is 2.57. The van der Waals surface area contributed by atoms with Crippen LogP contribution in [-0.4, -0.2) is 24.0 Å². The lowest BCUT2D eigenvalue weighted by Crippen LogP contribution is -2.20. The Hall–Kier alpha value is -1.45. The second-order valence-corrected chi connectivity index (χ2v) is 4.57. The first kappa shape index (κ1) is 10.7. The van der Waals surface area contributed by atoms with Crippen LogP contribution in [0.3, 0.4) is 0 Å². The monoisotopic (exact) mass is 229 g/mol. The van der Waals surface area contributed by atoms with Crippen molar-refractivity contribution in [1.29, 1.82) is 0 Å². The third-order valence-corrected chi connectivity index (χ3v) is 3.61. The average Bonchev–Trinajstić information content (AvgIpc) is 2.62. The van der Waals surface area contributed by atoms with Crippen molar-refractivity contribution in [2.45, 2.75) is 18.9 Å². The minimum atomic E-state index is -0.598. The van der Waals surface area contributed by atoms with Crippen LogP contribution in [0, 0.1) is 0 Å². The topological polar surface area (TPSA) is 49.3 Å². The molecule has 1 heterocycles. The highest BCUT2D eigenvalue weighted by molar-refractivity contribution is 6.11. The molecule has 2 aliphatic rings. The molecule has 1 unspecified atom stereocenters. The van der Waals surface area contributed by atoms with E-state index in [1.165, 1.54) is 0 Å². The second-order valence-electron chi connectivity index (χ2n) is 4.57. The highest BCUT2D eigenvalue weighted by atomic mass is 16.3. The molecule has 0 spiro atoms. The van der Waals surface area contributed by atoms with Crippen molar-refractivity contribution in [3.8, 4) is 0 Å². The molecule has 1 aliphatic heterocycles. The fraction of sp³-hybridized carbons (Fsp3) is 0.357. The molecule has 0 bridgehead atoms. The Balaban J connectivity index is 2.14. The summed E-state index contributed by atoms with van der Waals surface area (Å²) in [6, 6.07) is 7.38. The van der Waals surface area contributed by atoms with Crippen LogP contribution in [0.15, 0.2) is 35.4 Å². The van der Waals surface area contributed by atoms with E-state index in [0.29, 0.717) is 5.56 Å². The molecular weight excluding hydrogens is 214 g/mol. The maximum Gasteiger partial charge on any atom is 0.189 e. The number of fused-ring (bicyclic) bond motifs is 1. The van der Waals surface area contributed by atoms with Crippen molar-refractivity contribution >= 4 is 5.78 Å². The van der Waals surface area contributed by atoms with Crippen molar-refractivity contribution in [2.75, 3.05) is 13.1 Å². The summed E-state index contributed by atoms with van der Waals surface area (Å²) >= 11 is 0. The van der Waals surface area contributed by atoms with Crippen molar-refractivity contribution < 1.29 is 9.90 Å². The number of rotatable bonds is 0. The molecule has 1 aromatic rings. The van der Waals surface area contributed by atoms with E-state index in [0.717, 1.165) is 42.6 Å². The standard InChI is InChI=1S/C14H15NO2/c16-13-9-3-1-2-4-10(9)14(17)12-6-8-15-7-5-11(12)13/h1-4,13,15-16H,5-8H2. The summed E-state index contributed by atoms with van der Waals surface area (Å²) in [7, 11) is 0.